The average molecular weight is 216 g/mol. The number of likely N-dealkylation sites (N-methyl/N-ethyl adjacent to an activating group) is 1. The maximum atomic E-state index is 8.53. The predicted octanol–water partition coefficient (Wildman–Crippen LogP) is 1.35. The van der Waals surface area contributed by atoms with E-state index in [0.717, 1.165) is 24.6 Å². The Morgan fingerprint density at radius 1 is 1.62 bits per heavy atom. The number of aromatic nitrogens is 2. The Labute approximate surface area is 95.9 Å². The second-order valence-corrected chi connectivity index (χ2v) is 4.30. The van der Waals surface area contributed by atoms with E-state index < -0.39 is 0 Å². The van der Waals surface area contributed by atoms with Gasteiger partial charge >= 0.3 is 0 Å². The molecule has 1 aliphatic heterocycles. The van der Waals surface area contributed by atoms with Gasteiger partial charge in [0, 0.05) is 37.2 Å². The molecule has 1 aromatic rings. The molecule has 2 heterocycles. The summed E-state index contributed by atoms with van der Waals surface area (Å²) in [5.41, 5.74) is 1.13. The summed E-state index contributed by atoms with van der Waals surface area (Å²) < 4.78 is 0. The molecule has 1 unspecified atom stereocenters. The van der Waals surface area contributed by atoms with Crippen molar-refractivity contribution in [3.8, 4) is 6.07 Å². The number of aryl methyl sites for hydroxylation is 1. The van der Waals surface area contributed by atoms with Crippen molar-refractivity contribution < 1.29 is 0 Å². The molecule has 1 atom stereocenters. The standard InChI is InChI=1S/C12H16N4/c1-16-8-5-10(9-16)11-4-7-14-12(15-11)3-2-6-13/h4,7,10H,2-3,5,8-9H2,1H3. The molecule has 0 radical (unpaired) electrons. The Morgan fingerprint density at radius 3 is 3.19 bits per heavy atom. The monoisotopic (exact) mass is 216 g/mol. The van der Waals surface area contributed by atoms with Gasteiger partial charge in [-0.3, -0.25) is 0 Å². The van der Waals surface area contributed by atoms with Gasteiger partial charge in [0.05, 0.1) is 6.07 Å². The highest BCUT2D eigenvalue weighted by Crippen LogP contribution is 2.24. The molecule has 1 saturated heterocycles. The summed E-state index contributed by atoms with van der Waals surface area (Å²) in [6.45, 7) is 2.22. The van der Waals surface area contributed by atoms with Gasteiger partial charge in [-0.2, -0.15) is 5.26 Å². The van der Waals surface area contributed by atoms with Gasteiger partial charge in [0.2, 0.25) is 0 Å². The Kier molecular flexibility index (Phi) is 3.47. The number of nitrogens with zero attached hydrogens (tertiary/aromatic N) is 4. The number of likely N-dealkylation sites (tertiary alicyclic amines) is 1. The minimum absolute atomic E-state index is 0.494. The van der Waals surface area contributed by atoms with Crippen LogP contribution < -0.4 is 0 Å². The van der Waals surface area contributed by atoms with E-state index in [9.17, 15) is 0 Å². The number of hydrogen-bond acceptors (Lipinski definition) is 4. The predicted molar refractivity (Wildman–Crippen MR) is 60.8 cm³/mol. The number of hydrogen-bond donors (Lipinski definition) is 0. The van der Waals surface area contributed by atoms with Crippen molar-refractivity contribution in [3.05, 3.63) is 23.8 Å². The summed E-state index contributed by atoms with van der Waals surface area (Å²) in [5.74, 6) is 1.34. The van der Waals surface area contributed by atoms with Crippen LogP contribution in [0.3, 0.4) is 0 Å². The van der Waals surface area contributed by atoms with Gasteiger partial charge in [-0.05, 0) is 26.1 Å². The van der Waals surface area contributed by atoms with E-state index in [1.54, 1.807) is 0 Å². The fourth-order valence-corrected chi connectivity index (χ4v) is 2.11. The third kappa shape index (κ3) is 2.56. The third-order valence-corrected chi connectivity index (χ3v) is 3.00. The van der Waals surface area contributed by atoms with E-state index in [2.05, 4.69) is 28.0 Å². The topological polar surface area (TPSA) is 52.8 Å². The second kappa shape index (κ2) is 5.04. The molecule has 84 valence electrons. The maximum Gasteiger partial charge on any atom is 0.129 e. The van der Waals surface area contributed by atoms with Gasteiger partial charge in [-0.25, -0.2) is 9.97 Å². The van der Waals surface area contributed by atoms with E-state index in [1.807, 2.05) is 12.3 Å². The molecule has 2 rings (SSSR count). The summed E-state index contributed by atoms with van der Waals surface area (Å²) in [7, 11) is 2.14. The molecule has 4 nitrogen and oxygen atoms in total. The SMILES string of the molecule is CN1CCC(c2ccnc(CCC#N)n2)C1. The summed E-state index contributed by atoms with van der Waals surface area (Å²) in [6, 6.07) is 4.12. The van der Waals surface area contributed by atoms with Gasteiger partial charge in [0.25, 0.3) is 0 Å². The fraction of sp³-hybridized carbons (Fsp3) is 0.583. The fourth-order valence-electron chi connectivity index (χ4n) is 2.11. The maximum absolute atomic E-state index is 8.53. The zero-order chi connectivity index (χ0) is 11.4. The summed E-state index contributed by atoms with van der Waals surface area (Å²) in [5, 5.41) is 8.53. The molecule has 0 aliphatic carbocycles. The van der Waals surface area contributed by atoms with Gasteiger partial charge in [-0.15, -0.1) is 0 Å². The summed E-state index contributed by atoms with van der Waals surface area (Å²) in [6.07, 6.45) is 4.14. The van der Waals surface area contributed by atoms with Crippen LogP contribution in [0, 0.1) is 11.3 Å². The van der Waals surface area contributed by atoms with Gasteiger partial charge in [0.15, 0.2) is 0 Å². The third-order valence-electron chi connectivity index (χ3n) is 3.00. The van der Waals surface area contributed by atoms with Crippen LogP contribution in [-0.4, -0.2) is 35.0 Å². The lowest BCUT2D eigenvalue weighted by Crippen LogP contribution is -2.14. The molecule has 1 fully saturated rings. The van der Waals surface area contributed by atoms with E-state index in [-0.39, 0.29) is 0 Å². The van der Waals surface area contributed by atoms with Crippen molar-refractivity contribution in [2.24, 2.45) is 0 Å². The van der Waals surface area contributed by atoms with Crippen LogP contribution in [0.2, 0.25) is 0 Å². The highest BCUT2D eigenvalue weighted by Gasteiger charge is 2.22. The highest BCUT2D eigenvalue weighted by molar-refractivity contribution is 5.11. The number of rotatable bonds is 3. The minimum atomic E-state index is 0.494. The summed E-state index contributed by atoms with van der Waals surface area (Å²) in [4.78, 5) is 11.1. The first-order valence-corrected chi connectivity index (χ1v) is 5.67. The van der Waals surface area contributed by atoms with Crippen molar-refractivity contribution in [1.29, 1.82) is 5.26 Å². The van der Waals surface area contributed by atoms with Crippen LogP contribution in [0.25, 0.3) is 0 Å². The molecule has 16 heavy (non-hydrogen) atoms. The first-order valence-electron chi connectivity index (χ1n) is 5.67. The lowest BCUT2D eigenvalue weighted by atomic mass is 10.0. The molecule has 1 aromatic heterocycles. The smallest absolute Gasteiger partial charge is 0.129 e. The van der Waals surface area contributed by atoms with Crippen LogP contribution in [-0.2, 0) is 6.42 Å². The first kappa shape index (κ1) is 11.0. The molecule has 0 amide bonds. The zero-order valence-electron chi connectivity index (χ0n) is 9.56. The van der Waals surface area contributed by atoms with E-state index in [1.165, 1.54) is 6.42 Å². The molecule has 0 N–H and O–H groups in total. The van der Waals surface area contributed by atoms with Gasteiger partial charge in [-0.1, -0.05) is 0 Å². The van der Waals surface area contributed by atoms with Crippen LogP contribution >= 0.6 is 0 Å². The quantitative estimate of drug-likeness (QED) is 0.765. The Bertz CT molecular complexity index is 396. The molecular weight excluding hydrogens is 200 g/mol. The molecule has 1 aliphatic rings. The lowest BCUT2D eigenvalue weighted by molar-refractivity contribution is 0.410. The molecule has 0 bridgehead atoms. The van der Waals surface area contributed by atoms with Crippen LogP contribution in [0.5, 0.6) is 0 Å². The van der Waals surface area contributed by atoms with E-state index >= 15 is 0 Å². The molecule has 0 spiro atoms. The van der Waals surface area contributed by atoms with Crippen LogP contribution in [0.1, 0.15) is 30.3 Å². The van der Waals surface area contributed by atoms with Crippen LogP contribution in [0.15, 0.2) is 12.3 Å². The minimum Gasteiger partial charge on any atom is -0.306 e. The van der Waals surface area contributed by atoms with Crippen molar-refractivity contribution in [3.63, 3.8) is 0 Å². The Balaban J connectivity index is 2.07. The van der Waals surface area contributed by atoms with Crippen molar-refractivity contribution in [2.45, 2.75) is 25.2 Å². The first-order chi connectivity index (χ1) is 7.79. The molecule has 0 saturated carbocycles. The lowest BCUT2D eigenvalue weighted by Gasteiger charge is -2.10. The molecular formula is C12H16N4. The van der Waals surface area contributed by atoms with Gasteiger partial charge < -0.3 is 4.90 Å². The van der Waals surface area contributed by atoms with Gasteiger partial charge in [0.1, 0.15) is 5.82 Å². The van der Waals surface area contributed by atoms with E-state index in [4.69, 9.17) is 5.26 Å². The highest BCUT2D eigenvalue weighted by atomic mass is 15.1. The second-order valence-electron chi connectivity index (χ2n) is 4.30. The van der Waals surface area contributed by atoms with Crippen molar-refractivity contribution >= 4 is 0 Å². The number of nitriles is 1. The van der Waals surface area contributed by atoms with E-state index in [0.29, 0.717) is 18.8 Å². The zero-order valence-corrected chi connectivity index (χ0v) is 9.56. The average Bonchev–Trinajstić information content (AvgIpc) is 2.74. The van der Waals surface area contributed by atoms with Crippen LogP contribution in [0.4, 0.5) is 0 Å². The van der Waals surface area contributed by atoms with Crippen molar-refractivity contribution in [2.75, 3.05) is 20.1 Å². The Hall–Kier alpha value is -1.47. The van der Waals surface area contributed by atoms with Crippen molar-refractivity contribution in [1.82, 2.24) is 14.9 Å². The normalized spacial score (nSPS) is 20.9. The largest absolute Gasteiger partial charge is 0.306 e. The Morgan fingerprint density at radius 2 is 2.50 bits per heavy atom. The summed E-state index contributed by atoms with van der Waals surface area (Å²) >= 11 is 0. The molecule has 4 heteroatoms. The molecule has 0 aromatic carbocycles.